The van der Waals surface area contributed by atoms with Gasteiger partial charge in [-0.1, -0.05) is 6.92 Å². The van der Waals surface area contributed by atoms with Gasteiger partial charge < -0.3 is 10.2 Å². The number of hydrogen-bond acceptors (Lipinski definition) is 5. The molecule has 6 heteroatoms. The molecule has 1 atom stereocenters. The molecule has 2 aliphatic heterocycles. The third-order valence-electron chi connectivity index (χ3n) is 5.05. The average molecular weight is 349 g/mol. The molecule has 24 heavy (non-hydrogen) atoms. The smallest absolute Gasteiger partial charge is 0.253 e. The molecule has 1 aromatic rings. The zero-order chi connectivity index (χ0) is 16.9. The van der Waals surface area contributed by atoms with E-state index < -0.39 is 0 Å². The summed E-state index contributed by atoms with van der Waals surface area (Å²) < 4.78 is 0. The summed E-state index contributed by atoms with van der Waals surface area (Å²) in [7, 11) is 2.20. The maximum atomic E-state index is 12.4. The number of hydrogen-bond donors (Lipinski definition) is 1. The van der Waals surface area contributed by atoms with Gasteiger partial charge in [0, 0.05) is 31.4 Å². The van der Waals surface area contributed by atoms with Crippen LogP contribution < -0.4 is 5.32 Å². The van der Waals surface area contributed by atoms with E-state index in [9.17, 15) is 4.79 Å². The number of nitrogens with zero attached hydrogens (tertiary/aromatic N) is 3. The van der Waals surface area contributed by atoms with Gasteiger partial charge in [0.1, 0.15) is 0 Å². The SMILES string of the molecule is CCSc1ccc(C(=O)N[C@H]2CCN(C3CCN(C)CC3)C2)cn1. The van der Waals surface area contributed by atoms with Crippen LogP contribution in [-0.4, -0.2) is 71.8 Å². The van der Waals surface area contributed by atoms with Crippen molar-refractivity contribution in [1.82, 2.24) is 20.1 Å². The van der Waals surface area contributed by atoms with E-state index in [-0.39, 0.29) is 11.9 Å². The Morgan fingerprint density at radius 3 is 2.75 bits per heavy atom. The molecule has 0 aromatic carbocycles. The molecule has 5 nitrogen and oxygen atoms in total. The fourth-order valence-corrected chi connectivity index (χ4v) is 4.20. The summed E-state index contributed by atoms with van der Waals surface area (Å²) in [6.45, 7) is 6.56. The number of thioether (sulfide) groups is 1. The standard InChI is InChI=1S/C18H28N4OS/c1-3-24-17-5-4-14(12-19-17)18(23)20-15-6-11-22(13-15)16-7-9-21(2)10-8-16/h4-5,12,15-16H,3,6-11,13H2,1-2H3,(H,20,23)/t15-/m0/s1. The molecule has 0 aliphatic carbocycles. The van der Waals surface area contributed by atoms with Gasteiger partial charge in [-0.15, -0.1) is 11.8 Å². The van der Waals surface area contributed by atoms with Gasteiger partial charge in [0.15, 0.2) is 0 Å². The number of likely N-dealkylation sites (tertiary alicyclic amines) is 2. The monoisotopic (exact) mass is 348 g/mol. The number of piperidine rings is 1. The highest BCUT2D eigenvalue weighted by Gasteiger charge is 2.30. The third-order valence-corrected chi connectivity index (χ3v) is 5.88. The number of carbonyl (C=O) groups is 1. The molecule has 1 amide bonds. The molecule has 2 saturated heterocycles. The molecule has 0 saturated carbocycles. The van der Waals surface area contributed by atoms with Crippen molar-refractivity contribution < 1.29 is 4.79 Å². The minimum absolute atomic E-state index is 0.00535. The Kier molecular flexibility index (Phi) is 6.14. The van der Waals surface area contributed by atoms with Crippen LogP contribution in [0.2, 0.25) is 0 Å². The summed E-state index contributed by atoms with van der Waals surface area (Å²) in [5.41, 5.74) is 0.660. The van der Waals surface area contributed by atoms with Gasteiger partial charge in [-0.3, -0.25) is 9.69 Å². The van der Waals surface area contributed by atoms with Crippen molar-refractivity contribution >= 4 is 17.7 Å². The minimum Gasteiger partial charge on any atom is -0.348 e. The number of aromatic nitrogens is 1. The maximum Gasteiger partial charge on any atom is 0.253 e. The molecule has 2 fully saturated rings. The maximum absolute atomic E-state index is 12.4. The summed E-state index contributed by atoms with van der Waals surface area (Å²) in [5, 5.41) is 4.16. The van der Waals surface area contributed by atoms with Crippen LogP contribution in [0.25, 0.3) is 0 Å². The molecule has 2 aliphatic rings. The van der Waals surface area contributed by atoms with Gasteiger partial charge in [0.25, 0.3) is 5.91 Å². The summed E-state index contributed by atoms with van der Waals surface area (Å²) in [6.07, 6.45) is 5.24. The van der Waals surface area contributed by atoms with Crippen molar-refractivity contribution in [3.05, 3.63) is 23.9 Å². The second-order valence-corrected chi connectivity index (χ2v) is 8.09. The first kappa shape index (κ1) is 17.7. The Hall–Kier alpha value is -1.11. The predicted octanol–water partition coefficient (Wildman–Crippen LogP) is 2.09. The van der Waals surface area contributed by atoms with Crippen LogP contribution in [0.1, 0.15) is 36.5 Å². The highest BCUT2D eigenvalue weighted by molar-refractivity contribution is 7.99. The fourth-order valence-electron chi connectivity index (χ4n) is 3.61. The summed E-state index contributed by atoms with van der Waals surface area (Å²) in [5.74, 6) is 0.999. The second kappa shape index (κ2) is 8.32. The van der Waals surface area contributed by atoms with Gasteiger partial charge in [0.05, 0.1) is 10.6 Å². The van der Waals surface area contributed by atoms with Crippen molar-refractivity contribution in [1.29, 1.82) is 0 Å². The van der Waals surface area contributed by atoms with E-state index in [2.05, 4.69) is 34.1 Å². The number of pyridine rings is 1. The zero-order valence-corrected chi connectivity index (χ0v) is 15.5. The minimum atomic E-state index is 0.00535. The largest absolute Gasteiger partial charge is 0.348 e. The lowest BCUT2D eigenvalue weighted by molar-refractivity contribution is 0.0931. The second-order valence-electron chi connectivity index (χ2n) is 6.81. The molecular weight excluding hydrogens is 320 g/mol. The van der Waals surface area contributed by atoms with Gasteiger partial charge in [-0.25, -0.2) is 4.98 Å². The normalized spacial score (nSPS) is 23.5. The van der Waals surface area contributed by atoms with Crippen LogP contribution in [0, 0.1) is 0 Å². The first-order chi connectivity index (χ1) is 11.7. The summed E-state index contributed by atoms with van der Waals surface area (Å²) >= 11 is 1.69. The molecule has 0 bridgehead atoms. The highest BCUT2D eigenvalue weighted by Crippen LogP contribution is 2.21. The topological polar surface area (TPSA) is 48.5 Å². The Labute approximate surface area is 149 Å². The van der Waals surface area contributed by atoms with E-state index in [0.717, 1.165) is 30.3 Å². The first-order valence-corrected chi connectivity index (χ1v) is 9.96. The molecule has 0 spiro atoms. The number of rotatable bonds is 5. The van der Waals surface area contributed by atoms with Crippen LogP contribution >= 0.6 is 11.8 Å². The van der Waals surface area contributed by atoms with Crippen LogP contribution in [0.4, 0.5) is 0 Å². The van der Waals surface area contributed by atoms with E-state index in [0.29, 0.717) is 11.6 Å². The summed E-state index contributed by atoms with van der Waals surface area (Å²) in [6, 6.07) is 4.77. The Balaban J connectivity index is 1.48. The first-order valence-electron chi connectivity index (χ1n) is 8.98. The van der Waals surface area contributed by atoms with Crippen LogP contribution in [0.15, 0.2) is 23.4 Å². The van der Waals surface area contributed by atoms with Crippen molar-refractivity contribution in [2.45, 2.75) is 43.3 Å². The van der Waals surface area contributed by atoms with Gasteiger partial charge in [-0.05, 0) is 57.3 Å². The van der Waals surface area contributed by atoms with Crippen molar-refractivity contribution in [3.8, 4) is 0 Å². The lowest BCUT2D eigenvalue weighted by Crippen LogP contribution is -2.44. The molecule has 0 unspecified atom stereocenters. The van der Waals surface area contributed by atoms with Crippen molar-refractivity contribution in [2.24, 2.45) is 0 Å². The predicted molar refractivity (Wildman–Crippen MR) is 98.6 cm³/mol. The van der Waals surface area contributed by atoms with E-state index in [1.807, 2.05) is 12.1 Å². The Morgan fingerprint density at radius 1 is 1.29 bits per heavy atom. The van der Waals surface area contributed by atoms with Gasteiger partial charge >= 0.3 is 0 Å². The molecular formula is C18H28N4OS. The lowest BCUT2D eigenvalue weighted by atomic mass is 10.0. The number of nitrogens with one attached hydrogen (secondary N) is 1. The highest BCUT2D eigenvalue weighted by atomic mass is 32.2. The number of amides is 1. The van der Waals surface area contributed by atoms with E-state index in [1.165, 1.54) is 25.9 Å². The molecule has 0 radical (unpaired) electrons. The number of carbonyl (C=O) groups excluding carboxylic acids is 1. The van der Waals surface area contributed by atoms with Gasteiger partial charge in [-0.2, -0.15) is 0 Å². The van der Waals surface area contributed by atoms with Crippen LogP contribution in [-0.2, 0) is 0 Å². The van der Waals surface area contributed by atoms with Gasteiger partial charge in [0.2, 0.25) is 0 Å². The zero-order valence-electron chi connectivity index (χ0n) is 14.7. The van der Waals surface area contributed by atoms with Crippen molar-refractivity contribution in [2.75, 3.05) is 39.0 Å². The van der Waals surface area contributed by atoms with Crippen LogP contribution in [0.3, 0.4) is 0 Å². The van der Waals surface area contributed by atoms with E-state index >= 15 is 0 Å². The van der Waals surface area contributed by atoms with E-state index in [4.69, 9.17) is 0 Å². The molecule has 1 N–H and O–H groups in total. The fraction of sp³-hybridized carbons (Fsp3) is 0.667. The van der Waals surface area contributed by atoms with E-state index in [1.54, 1.807) is 18.0 Å². The quantitative estimate of drug-likeness (QED) is 0.826. The third kappa shape index (κ3) is 4.49. The Bertz CT molecular complexity index is 542. The molecule has 3 rings (SSSR count). The van der Waals surface area contributed by atoms with Crippen LogP contribution in [0.5, 0.6) is 0 Å². The average Bonchev–Trinajstić information content (AvgIpc) is 3.05. The van der Waals surface area contributed by atoms with Crippen molar-refractivity contribution in [3.63, 3.8) is 0 Å². The molecule has 1 aromatic heterocycles. The molecule has 132 valence electrons. The Morgan fingerprint density at radius 2 is 2.08 bits per heavy atom. The molecule has 3 heterocycles. The summed E-state index contributed by atoms with van der Waals surface area (Å²) in [4.78, 5) is 21.7. The lowest BCUT2D eigenvalue weighted by Gasteiger charge is -2.35.